The molecule has 0 bridgehead atoms. The molecule has 0 radical (unpaired) electrons. The number of hydrogen-bond acceptors (Lipinski definition) is 3. The fraction of sp³-hybridized carbons (Fsp3) is 0.333. The lowest BCUT2D eigenvalue weighted by molar-refractivity contribution is 0.756. The van der Waals surface area contributed by atoms with Crippen LogP contribution in [-0.2, 0) is 7.05 Å². The second-order valence-electron chi connectivity index (χ2n) is 2.41. The van der Waals surface area contributed by atoms with Crippen molar-refractivity contribution in [1.82, 2.24) is 15.2 Å². The van der Waals surface area contributed by atoms with Gasteiger partial charge in [-0.3, -0.25) is 10.1 Å². The van der Waals surface area contributed by atoms with Crippen LogP contribution in [0.4, 0.5) is 5.69 Å². The lowest BCUT2D eigenvalue weighted by Crippen LogP contribution is -2.36. The minimum absolute atomic E-state index is 0.172. The molecule has 0 amide bonds. The molecule has 1 aromatic heterocycles. The van der Waals surface area contributed by atoms with Crippen molar-refractivity contribution in [2.75, 3.05) is 0 Å². The van der Waals surface area contributed by atoms with Crippen molar-refractivity contribution in [2.45, 2.75) is 6.92 Å². The van der Waals surface area contributed by atoms with E-state index in [1.165, 1.54) is 0 Å². The summed E-state index contributed by atoms with van der Waals surface area (Å²) < 4.78 is 1.66. The Labute approximate surface area is 70.2 Å². The lowest BCUT2D eigenvalue weighted by atomic mass is 10.4. The monoisotopic (exact) mass is 168 g/mol. The summed E-state index contributed by atoms with van der Waals surface area (Å²) >= 11 is 0. The van der Waals surface area contributed by atoms with E-state index in [9.17, 15) is 0 Å². The summed E-state index contributed by atoms with van der Waals surface area (Å²) in [5, 5.41) is 4.08. The van der Waals surface area contributed by atoms with Crippen LogP contribution in [0.3, 0.4) is 0 Å². The number of nitrogens with two attached hydrogens (primary N) is 2. The van der Waals surface area contributed by atoms with Gasteiger partial charge in [0.15, 0.2) is 0 Å². The Bertz CT molecular complexity index is 299. The molecule has 1 heterocycles. The zero-order valence-corrected chi connectivity index (χ0v) is 7.07. The van der Waals surface area contributed by atoms with Crippen LogP contribution in [0.1, 0.15) is 5.69 Å². The van der Waals surface area contributed by atoms with E-state index in [0.717, 1.165) is 5.69 Å². The summed E-state index contributed by atoms with van der Waals surface area (Å²) in [4.78, 5) is 3.97. The molecule has 0 aliphatic heterocycles. The average Bonchev–Trinajstić information content (AvgIpc) is 2.30. The maximum absolute atomic E-state index is 5.36. The molecule has 0 aliphatic carbocycles. The molecule has 1 aromatic rings. The molecule has 0 saturated carbocycles. The molecular weight excluding hydrogens is 156 g/mol. The van der Waals surface area contributed by atoms with Crippen molar-refractivity contribution in [3.05, 3.63) is 11.9 Å². The summed E-state index contributed by atoms with van der Waals surface area (Å²) in [6.45, 7) is 1.85. The molecule has 0 spiro atoms. The van der Waals surface area contributed by atoms with Gasteiger partial charge in [0.25, 0.3) is 0 Å². The molecular formula is C6H12N6. The van der Waals surface area contributed by atoms with Crippen molar-refractivity contribution in [3.8, 4) is 0 Å². The zero-order valence-electron chi connectivity index (χ0n) is 7.07. The molecule has 0 unspecified atom stereocenters. The van der Waals surface area contributed by atoms with Gasteiger partial charge in [-0.05, 0) is 6.92 Å². The number of aliphatic imine (C=N–C) groups is 1. The first kappa shape index (κ1) is 8.54. The molecule has 12 heavy (non-hydrogen) atoms. The van der Waals surface area contributed by atoms with E-state index >= 15 is 0 Å². The predicted octanol–water partition coefficient (Wildman–Crippen LogP) is -0.862. The van der Waals surface area contributed by atoms with Gasteiger partial charge in [0.1, 0.15) is 5.69 Å². The van der Waals surface area contributed by atoms with Gasteiger partial charge in [-0.15, -0.1) is 0 Å². The third kappa shape index (κ3) is 1.73. The first-order chi connectivity index (χ1) is 5.63. The molecule has 6 nitrogen and oxygen atoms in total. The third-order valence-corrected chi connectivity index (χ3v) is 1.38. The van der Waals surface area contributed by atoms with Crippen molar-refractivity contribution in [1.29, 1.82) is 0 Å². The highest BCUT2D eigenvalue weighted by molar-refractivity contribution is 5.80. The topological polar surface area (TPSA) is 94.2 Å². The smallest absolute Gasteiger partial charge is 0.208 e. The van der Waals surface area contributed by atoms with Crippen molar-refractivity contribution in [2.24, 2.45) is 23.6 Å². The number of rotatable bonds is 1. The number of aryl methyl sites for hydroxylation is 2. The summed E-state index contributed by atoms with van der Waals surface area (Å²) in [7, 11) is 1.82. The Balaban J connectivity index is 2.95. The molecule has 0 fully saturated rings. The number of aromatic nitrogens is 2. The Morgan fingerprint density at radius 2 is 2.42 bits per heavy atom. The highest BCUT2D eigenvalue weighted by Gasteiger charge is 2.00. The summed E-state index contributed by atoms with van der Waals surface area (Å²) in [6, 6.07) is 0. The standard InChI is InChI=1S/C6H12N6/c1-4-5(3-12(2)11-4)9-6(7)10-8/h3H,8H2,1-2H3,(H3,7,9,10). The predicted molar refractivity (Wildman–Crippen MR) is 46.6 cm³/mol. The van der Waals surface area contributed by atoms with Gasteiger partial charge in [-0.1, -0.05) is 0 Å². The largest absolute Gasteiger partial charge is 0.369 e. The summed E-state index contributed by atoms with van der Waals surface area (Å²) in [6.07, 6.45) is 1.76. The van der Waals surface area contributed by atoms with Crippen LogP contribution in [0, 0.1) is 6.92 Å². The molecule has 5 N–H and O–H groups in total. The number of hydrazine groups is 1. The van der Waals surface area contributed by atoms with E-state index in [-0.39, 0.29) is 5.96 Å². The van der Waals surface area contributed by atoms with Crippen molar-refractivity contribution < 1.29 is 0 Å². The normalized spacial score (nSPS) is 11.8. The molecule has 0 aliphatic rings. The van der Waals surface area contributed by atoms with E-state index in [1.54, 1.807) is 10.9 Å². The molecule has 0 atom stereocenters. The van der Waals surface area contributed by atoms with Gasteiger partial charge < -0.3 is 5.73 Å². The highest BCUT2D eigenvalue weighted by Crippen LogP contribution is 2.14. The molecule has 0 saturated heterocycles. The van der Waals surface area contributed by atoms with Crippen LogP contribution < -0.4 is 17.0 Å². The van der Waals surface area contributed by atoms with Crippen molar-refractivity contribution in [3.63, 3.8) is 0 Å². The van der Waals surface area contributed by atoms with Crippen LogP contribution in [0.15, 0.2) is 11.2 Å². The lowest BCUT2D eigenvalue weighted by Gasteiger charge is -1.95. The van der Waals surface area contributed by atoms with Crippen LogP contribution in [0.5, 0.6) is 0 Å². The molecule has 0 aromatic carbocycles. The number of nitrogens with one attached hydrogen (secondary N) is 1. The van der Waals surface area contributed by atoms with Gasteiger partial charge in [0, 0.05) is 7.05 Å². The van der Waals surface area contributed by atoms with Gasteiger partial charge in [-0.2, -0.15) is 5.10 Å². The van der Waals surface area contributed by atoms with E-state index in [2.05, 4.69) is 15.5 Å². The maximum Gasteiger partial charge on any atom is 0.208 e. The van der Waals surface area contributed by atoms with E-state index < -0.39 is 0 Å². The number of guanidine groups is 1. The Morgan fingerprint density at radius 3 is 2.83 bits per heavy atom. The maximum atomic E-state index is 5.36. The average molecular weight is 168 g/mol. The first-order valence-electron chi connectivity index (χ1n) is 3.44. The molecule has 6 heteroatoms. The fourth-order valence-electron chi connectivity index (χ4n) is 0.859. The van der Waals surface area contributed by atoms with Crippen LogP contribution in [-0.4, -0.2) is 15.7 Å². The highest BCUT2D eigenvalue weighted by atomic mass is 15.3. The second-order valence-corrected chi connectivity index (χ2v) is 2.41. The quantitative estimate of drug-likeness (QED) is 0.220. The fourth-order valence-corrected chi connectivity index (χ4v) is 0.859. The van der Waals surface area contributed by atoms with E-state index in [1.807, 2.05) is 14.0 Å². The van der Waals surface area contributed by atoms with Gasteiger partial charge in [0.2, 0.25) is 5.96 Å². The van der Waals surface area contributed by atoms with Gasteiger partial charge >= 0.3 is 0 Å². The third-order valence-electron chi connectivity index (χ3n) is 1.38. The summed E-state index contributed by atoms with van der Waals surface area (Å²) in [5.74, 6) is 5.22. The summed E-state index contributed by atoms with van der Waals surface area (Å²) in [5.41, 5.74) is 9.13. The minimum Gasteiger partial charge on any atom is -0.369 e. The first-order valence-corrected chi connectivity index (χ1v) is 3.44. The number of hydrogen-bond donors (Lipinski definition) is 3. The van der Waals surface area contributed by atoms with Gasteiger partial charge in [-0.25, -0.2) is 10.8 Å². The van der Waals surface area contributed by atoms with Crippen molar-refractivity contribution >= 4 is 11.6 Å². The second kappa shape index (κ2) is 3.22. The van der Waals surface area contributed by atoms with E-state index in [0.29, 0.717) is 5.69 Å². The zero-order chi connectivity index (χ0) is 9.14. The van der Waals surface area contributed by atoms with Gasteiger partial charge in [0.05, 0.1) is 11.9 Å². The Kier molecular flexibility index (Phi) is 2.29. The van der Waals surface area contributed by atoms with Crippen LogP contribution in [0.2, 0.25) is 0 Å². The number of nitrogens with zero attached hydrogens (tertiary/aromatic N) is 3. The van der Waals surface area contributed by atoms with Crippen LogP contribution in [0.25, 0.3) is 0 Å². The molecule has 66 valence electrons. The Morgan fingerprint density at radius 1 is 1.75 bits per heavy atom. The minimum atomic E-state index is 0.172. The SMILES string of the molecule is Cc1nn(C)cc1N=C(N)NN. The molecule has 1 rings (SSSR count). The van der Waals surface area contributed by atoms with E-state index in [4.69, 9.17) is 11.6 Å². The van der Waals surface area contributed by atoms with Crippen LogP contribution >= 0.6 is 0 Å². The Hall–Kier alpha value is -1.56.